The van der Waals surface area contributed by atoms with Crippen molar-refractivity contribution in [3.8, 4) is 6.07 Å². The number of hydrogen-bond acceptors (Lipinski definition) is 5. The molecular weight excluding hydrogens is 350 g/mol. The zero-order valence-electron chi connectivity index (χ0n) is 15.9. The molecule has 2 heterocycles. The van der Waals surface area contributed by atoms with Crippen molar-refractivity contribution in [2.75, 3.05) is 25.0 Å². The molecule has 2 atom stereocenters. The number of rotatable bonds is 6. The van der Waals surface area contributed by atoms with Crippen LogP contribution in [0.15, 0.2) is 42.7 Å². The fraction of sp³-hybridized carbons (Fsp3) is 0.455. The van der Waals surface area contributed by atoms with Crippen LogP contribution in [-0.2, 0) is 11.2 Å². The Morgan fingerprint density at radius 3 is 2.57 bits per heavy atom. The average Bonchev–Trinajstić information content (AvgIpc) is 3.52. The Balaban J connectivity index is 1.19. The molecule has 1 saturated heterocycles. The quantitative estimate of drug-likeness (QED) is 0.839. The number of piperidine rings is 1. The van der Waals surface area contributed by atoms with Gasteiger partial charge in [0.05, 0.1) is 18.0 Å². The number of aromatic nitrogens is 2. The predicted molar refractivity (Wildman–Crippen MR) is 106 cm³/mol. The van der Waals surface area contributed by atoms with Gasteiger partial charge in [-0.05, 0) is 43.1 Å². The molecule has 1 aromatic carbocycles. The van der Waals surface area contributed by atoms with Crippen molar-refractivity contribution in [3.05, 3.63) is 53.9 Å². The summed E-state index contributed by atoms with van der Waals surface area (Å²) in [5.74, 6) is 2.16. The molecule has 6 nitrogen and oxygen atoms in total. The second kappa shape index (κ2) is 8.39. The lowest BCUT2D eigenvalue weighted by atomic mass is 9.96. The molecule has 6 heteroatoms. The summed E-state index contributed by atoms with van der Waals surface area (Å²) in [7, 11) is 0. The van der Waals surface area contributed by atoms with Gasteiger partial charge in [-0.15, -0.1) is 0 Å². The topological polar surface area (TPSA) is 81.9 Å². The zero-order valence-corrected chi connectivity index (χ0v) is 15.9. The number of nitriles is 1. The number of anilines is 1. The number of carbonyl (C=O) groups is 1. The summed E-state index contributed by atoms with van der Waals surface area (Å²) in [6.45, 7) is 2.48. The van der Waals surface area contributed by atoms with E-state index in [4.69, 9.17) is 5.26 Å². The Labute approximate surface area is 165 Å². The molecule has 144 valence electrons. The molecule has 1 amide bonds. The summed E-state index contributed by atoms with van der Waals surface area (Å²) in [6, 6.07) is 12.5. The fourth-order valence-corrected chi connectivity index (χ4v) is 4.00. The number of amides is 1. The van der Waals surface area contributed by atoms with Gasteiger partial charge in [0.1, 0.15) is 6.07 Å². The van der Waals surface area contributed by atoms with Crippen LogP contribution in [0.2, 0.25) is 0 Å². The van der Waals surface area contributed by atoms with Gasteiger partial charge in [-0.2, -0.15) is 5.26 Å². The van der Waals surface area contributed by atoms with E-state index in [0.29, 0.717) is 29.3 Å². The molecule has 1 N–H and O–H groups in total. The smallest absolute Gasteiger partial charge is 0.225 e. The van der Waals surface area contributed by atoms with Crippen LogP contribution in [0.5, 0.6) is 0 Å². The number of carbonyl (C=O) groups excluding carboxylic acids is 1. The van der Waals surface area contributed by atoms with E-state index in [1.807, 2.05) is 12.1 Å². The van der Waals surface area contributed by atoms with E-state index >= 15 is 0 Å². The lowest BCUT2D eigenvalue weighted by Crippen LogP contribution is -2.41. The molecule has 1 saturated carbocycles. The molecule has 1 aliphatic heterocycles. The number of hydrogen-bond donors (Lipinski definition) is 1. The number of likely N-dealkylation sites (tertiary alicyclic amines) is 1. The summed E-state index contributed by atoms with van der Waals surface area (Å²) in [5.41, 5.74) is 1.79. The number of nitrogens with one attached hydrogen (secondary N) is 1. The van der Waals surface area contributed by atoms with Gasteiger partial charge in [0.25, 0.3) is 0 Å². The summed E-state index contributed by atoms with van der Waals surface area (Å²) < 4.78 is 0. The maximum atomic E-state index is 12.8. The Morgan fingerprint density at radius 2 is 1.89 bits per heavy atom. The Kier molecular flexibility index (Phi) is 5.52. The molecule has 2 aromatic rings. The van der Waals surface area contributed by atoms with Crippen molar-refractivity contribution in [2.45, 2.75) is 25.7 Å². The van der Waals surface area contributed by atoms with Gasteiger partial charge in [0.2, 0.25) is 11.9 Å². The average molecular weight is 375 g/mol. The van der Waals surface area contributed by atoms with Crippen LogP contribution in [-0.4, -0.2) is 40.4 Å². The van der Waals surface area contributed by atoms with E-state index in [-0.39, 0.29) is 5.92 Å². The molecule has 1 aromatic heterocycles. The molecule has 28 heavy (non-hydrogen) atoms. The van der Waals surface area contributed by atoms with Crippen molar-refractivity contribution >= 4 is 11.9 Å². The third-order valence-electron chi connectivity index (χ3n) is 5.84. The first kappa shape index (κ1) is 18.4. The van der Waals surface area contributed by atoms with Gasteiger partial charge in [-0.3, -0.25) is 4.79 Å². The number of benzene rings is 1. The van der Waals surface area contributed by atoms with Crippen LogP contribution >= 0.6 is 0 Å². The van der Waals surface area contributed by atoms with Crippen molar-refractivity contribution in [3.63, 3.8) is 0 Å². The second-order valence-electron chi connectivity index (χ2n) is 7.85. The lowest BCUT2D eigenvalue weighted by Gasteiger charge is -2.32. The Bertz CT molecular complexity index is 837. The van der Waals surface area contributed by atoms with Crippen molar-refractivity contribution in [1.29, 1.82) is 5.26 Å². The molecule has 0 radical (unpaired) electrons. The fourth-order valence-electron chi connectivity index (χ4n) is 4.00. The predicted octanol–water partition coefficient (Wildman–Crippen LogP) is 2.88. The lowest BCUT2D eigenvalue weighted by molar-refractivity contribution is -0.134. The SMILES string of the molecule is N#Cc1cnc(NCC2CCN(C(=O)C3CC3Cc3ccccc3)CC2)nc1. The van der Waals surface area contributed by atoms with Gasteiger partial charge in [0.15, 0.2) is 0 Å². The van der Waals surface area contributed by atoms with Gasteiger partial charge >= 0.3 is 0 Å². The van der Waals surface area contributed by atoms with Gasteiger partial charge in [-0.25, -0.2) is 9.97 Å². The first-order valence-corrected chi connectivity index (χ1v) is 10.0. The highest BCUT2D eigenvalue weighted by Gasteiger charge is 2.44. The highest BCUT2D eigenvalue weighted by molar-refractivity contribution is 5.81. The van der Waals surface area contributed by atoms with Gasteiger partial charge in [-0.1, -0.05) is 30.3 Å². The maximum Gasteiger partial charge on any atom is 0.225 e. The van der Waals surface area contributed by atoms with E-state index in [2.05, 4.69) is 44.5 Å². The molecular formula is C22H25N5O. The van der Waals surface area contributed by atoms with Crippen LogP contribution in [0.4, 0.5) is 5.95 Å². The van der Waals surface area contributed by atoms with Crippen LogP contribution in [0.25, 0.3) is 0 Å². The van der Waals surface area contributed by atoms with E-state index in [0.717, 1.165) is 45.3 Å². The summed E-state index contributed by atoms with van der Waals surface area (Å²) in [5, 5.41) is 12.0. The molecule has 2 fully saturated rings. The zero-order chi connectivity index (χ0) is 19.3. The third kappa shape index (κ3) is 4.48. The highest BCUT2D eigenvalue weighted by atomic mass is 16.2. The molecule has 2 aliphatic rings. The standard InChI is InChI=1S/C22H25N5O/c23-12-18-14-25-22(26-15-18)24-13-17-6-8-27(9-7-17)21(28)20-11-19(20)10-16-4-2-1-3-5-16/h1-5,14-15,17,19-20H,6-11,13H2,(H,24,25,26). The molecule has 0 bridgehead atoms. The molecule has 0 spiro atoms. The minimum atomic E-state index is 0.224. The van der Waals surface area contributed by atoms with Gasteiger partial charge < -0.3 is 10.2 Å². The number of nitrogens with zero attached hydrogens (tertiary/aromatic N) is 4. The largest absolute Gasteiger partial charge is 0.354 e. The maximum absolute atomic E-state index is 12.8. The molecule has 2 unspecified atom stereocenters. The van der Waals surface area contributed by atoms with E-state index < -0.39 is 0 Å². The van der Waals surface area contributed by atoms with Crippen molar-refractivity contribution < 1.29 is 4.79 Å². The first-order valence-electron chi connectivity index (χ1n) is 10.0. The normalized spacial score (nSPS) is 21.8. The Morgan fingerprint density at radius 1 is 1.18 bits per heavy atom. The Hall–Kier alpha value is -2.94. The van der Waals surface area contributed by atoms with E-state index in [9.17, 15) is 4.79 Å². The summed E-state index contributed by atoms with van der Waals surface area (Å²) >= 11 is 0. The second-order valence-corrected chi connectivity index (χ2v) is 7.85. The van der Waals surface area contributed by atoms with Crippen LogP contribution < -0.4 is 5.32 Å². The van der Waals surface area contributed by atoms with Gasteiger partial charge in [0, 0.05) is 25.6 Å². The summed E-state index contributed by atoms with van der Waals surface area (Å²) in [4.78, 5) is 23.1. The van der Waals surface area contributed by atoms with Crippen LogP contribution in [0.1, 0.15) is 30.4 Å². The third-order valence-corrected chi connectivity index (χ3v) is 5.84. The van der Waals surface area contributed by atoms with E-state index in [1.54, 1.807) is 0 Å². The van der Waals surface area contributed by atoms with Crippen LogP contribution in [0, 0.1) is 29.1 Å². The highest BCUT2D eigenvalue weighted by Crippen LogP contribution is 2.42. The molecule has 4 rings (SSSR count). The minimum absolute atomic E-state index is 0.224. The van der Waals surface area contributed by atoms with E-state index in [1.165, 1.54) is 18.0 Å². The first-order chi connectivity index (χ1) is 13.7. The van der Waals surface area contributed by atoms with Crippen molar-refractivity contribution in [2.24, 2.45) is 17.8 Å². The summed E-state index contributed by atoms with van der Waals surface area (Å²) in [6.07, 6.45) is 7.11. The molecule has 1 aliphatic carbocycles. The minimum Gasteiger partial charge on any atom is -0.354 e. The monoisotopic (exact) mass is 375 g/mol. The van der Waals surface area contributed by atoms with Crippen molar-refractivity contribution in [1.82, 2.24) is 14.9 Å². The van der Waals surface area contributed by atoms with Crippen LogP contribution in [0.3, 0.4) is 0 Å².